The highest BCUT2D eigenvalue weighted by atomic mass is 32.2. The lowest BCUT2D eigenvalue weighted by Gasteiger charge is -2.23. The van der Waals surface area contributed by atoms with E-state index in [0.29, 0.717) is 12.3 Å². The van der Waals surface area contributed by atoms with E-state index in [1.165, 1.54) is 12.8 Å². The Bertz CT molecular complexity index is 250. The average molecular weight is 246 g/mol. The molecule has 0 bridgehead atoms. The van der Waals surface area contributed by atoms with Crippen molar-refractivity contribution < 1.29 is 9.00 Å². The average Bonchev–Trinajstić information content (AvgIpc) is 2.56. The highest BCUT2D eigenvalue weighted by molar-refractivity contribution is 7.86. The molecule has 1 rings (SSSR count). The Morgan fingerprint density at radius 1 is 1.31 bits per heavy atom. The molecule has 1 fully saturated rings. The molecule has 2 unspecified atom stereocenters. The van der Waals surface area contributed by atoms with Crippen LogP contribution < -0.4 is 5.73 Å². The molecule has 1 aliphatic rings. The van der Waals surface area contributed by atoms with Gasteiger partial charge in [-0.25, -0.2) is 0 Å². The smallest absolute Gasteiger partial charge is 0.238 e. The maximum Gasteiger partial charge on any atom is 0.238 e. The van der Waals surface area contributed by atoms with Gasteiger partial charge in [-0.1, -0.05) is 12.8 Å². The molecule has 0 aromatic carbocycles. The van der Waals surface area contributed by atoms with Gasteiger partial charge in [-0.05, 0) is 19.8 Å². The van der Waals surface area contributed by atoms with Gasteiger partial charge in [0.15, 0.2) is 0 Å². The fraction of sp³-hybridized carbons (Fsp3) is 0.909. The zero-order chi connectivity index (χ0) is 12.0. The summed E-state index contributed by atoms with van der Waals surface area (Å²) in [5.74, 6) is 0.453. The van der Waals surface area contributed by atoms with Crippen molar-refractivity contribution in [2.45, 2.75) is 37.9 Å². The van der Waals surface area contributed by atoms with Crippen LogP contribution in [0.1, 0.15) is 32.6 Å². The molecule has 0 radical (unpaired) electrons. The summed E-state index contributed by atoms with van der Waals surface area (Å²) in [6.07, 6.45) is 4.54. The van der Waals surface area contributed by atoms with E-state index in [1.807, 2.05) is 4.90 Å². The van der Waals surface area contributed by atoms with Crippen LogP contribution in [0, 0.1) is 0 Å². The highest BCUT2D eigenvalue weighted by Gasteiger charge is 2.25. The number of carbonyl (C=O) groups excluding carboxylic acids is 1. The molecule has 1 heterocycles. The second-order valence-corrected chi connectivity index (χ2v) is 6.13. The number of hydrogen-bond donors (Lipinski definition) is 1. The van der Waals surface area contributed by atoms with Crippen molar-refractivity contribution in [2.24, 2.45) is 5.73 Å². The number of hydrogen-bond acceptors (Lipinski definition) is 3. The lowest BCUT2D eigenvalue weighted by molar-refractivity contribution is -0.130. The van der Waals surface area contributed by atoms with Crippen molar-refractivity contribution >= 4 is 16.7 Å². The first-order valence-electron chi connectivity index (χ1n) is 6.03. The second kappa shape index (κ2) is 7.01. The summed E-state index contributed by atoms with van der Waals surface area (Å²) < 4.78 is 11.7. The Morgan fingerprint density at radius 2 is 1.88 bits per heavy atom. The SMILES string of the molecule is CC(C(=O)N1CCCCCC1)S(=O)CCN. The summed E-state index contributed by atoms with van der Waals surface area (Å²) in [4.78, 5) is 13.9. The van der Waals surface area contributed by atoms with Crippen molar-refractivity contribution in [2.75, 3.05) is 25.4 Å². The van der Waals surface area contributed by atoms with Crippen molar-refractivity contribution in [1.82, 2.24) is 4.90 Å². The molecule has 1 saturated heterocycles. The first-order valence-corrected chi connectivity index (χ1v) is 7.41. The number of rotatable bonds is 4. The molecule has 94 valence electrons. The molecule has 0 spiro atoms. The lowest BCUT2D eigenvalue weighted by atomic mass is 10.2. The highest BCUT2D eigenvalue weighted by Crippen LogP contribution is 2.12. The number of nitrogens with zero attached hydrogens (tertiary/aromatic N) is 1. The fourth-order valence-electron chi connectivity index (χ4n) is 1.95. The molecule has 4 nitrogen and oxygen atoms in total. The molecule has 1 aliphatic heterocycles. The van der Waals surface area contributed by atoms with Crippen LogP contribution >= 0.6 is 0 Å². The van der Waals surface area contributed by atoms with Crippen LogP contribution in [0.4, 0.5) is 0 Å². The molecular formula is C11H22N2O2S. The van der Waals surface area contributed by atoms with E-state index in [9.17, 15) is 9.00 Å². The van der Waals surface area contributed by atoms with Gasteiger partial charge in [-0.15, -0.1) is 0 Å². The van der Waals surface area contributed by atoms with Crippen LogP contribution in [0.25, 0.3) is 0 Å². The third-order valence-corrected chi connectivity index (χ3v) is 4.61. The Kier molecular flexibility index (Phi) is 5.98. The molecular weight excluding hydrogens is 224 g/mol. The minimum atomic E-state index is -1.12. The van der Waals surface area contributed by atoms with E-state index in [2.05, 4.69) is 0 Å². The molecule has 16 heavy (non-hydrogen) atoms. The van der Waals surface area contributed by atoms with Gasteiger partial charge in [0.1, 0.15) is 5.25 Å². The normalized spacial score (nSPS) is 21.2. The standard InChI is InChI=1S/C11H22N2O2S/c1-10(16(15)9-6-12)11(14)13-7-4-2-3-5-8-13/h10H,2-9,12H2,1H3. The third kappa shape index (κ3) is 3.87. The predicted molar refractivity (Wildman–Crippen MR) is 66.6 cm³/mol. The number of nitrogens with two attached hydrogens (primary N) is 1. The summed E-state index contributed by atoms with van der Waals surface area (Å²) in [7, 11) is -1.12. The van der Waals surface area contributed by atoms with Crippen LogP contribution in [-0.2, 0) is 15.6 Å². The van der Waals surface area contributed by atoms with Crippen molar-refractivity contribution in [1.29, 1.82) is 0 Å². The van der Waals surface area contributed by atoms with Crippen LogP contribution in [0.15, 0.2) is 0 Å². The molecule has 5 heteroatoms. The first kappa shape index (κ1) is 13.6. The summed E-state index contributed by atoms with van der Waals surface area (Å²) in [6, 6.07) is 0. The zero-order valence-electron chi connectivity index (χ0n) is 9.98. The van der Waals surface area contributed by atoms with Crippen LogP contribution in [-0.4, -0.2) is 45.7 Å². The minimum absolute atomic E-state index is 0.0358. The molecule has 1 amide bonds. The van der Waals surface area contributed by atoms with Gasteiger partial charge >= 0.3 is 0 Å². The maximum absolute atomic E-state index is 12.1. The van der Waals surface area contributed by atoms with Crippen LogP contribution in [0.5, 0.6) is 0 Å². The topological polar surface area (TPSA) is 63.4 Å². The lowest BCUT2D eigenvalue weighted by Crippen LogP contribution is -2.41. The van der Waals surface area contributed by atoms with E-state index in [0.717, 1.165) is 25.9 Å². The van der Waals surface area contributed by atoms with Gasteiger partial charge in [-0.3, -0.25) is 9.00 Å². The van der Waals surface area contributed by atoms with Crippen molar-refractivity contribution in [3.05, 3.63) is 0 Å². The van der Waals surface area contributed by atoms with Gasteiger partial charge in [0, 0.05) is 36.2 Å². The number of carbonyl (C=O) groups is 1. The molecule has 2 N–H and O–H groups in total. The largest absolute Gasteiger partial charge is 0.342 e. The second-order valence-electron chi connectivity index (χ2n) is 4.26. The number of amides is 1. The number of likely N-dealkylation sites (tertiary alicyclic amines) is 1. The van der Waals surface area contributed by atoms with Gasteiger partial charge in [0.25, 0.3) is 0 Å². The Hall–Kier alpha value is -0.420. The molecule has 0 aromatic heterocycles. The van der Waals surface area contributed by atoms with E-state index < -0.39 is 16.0 Å². The predicted octanol–water partition coefficient (Wildman–Crippen LogP) is 0.485. The van der Waals surface area contributed by atoms with E-state index in [4.69, 9.17) is 5.73 Å². The van der Waals surface area contributed by atoms with Gasteiger partial charge < -0.3 is 10.6 Å². The van der Waals surface area contributed by atoms with Crippen LogP contribution in [0.2, 0.25) is 0 Å². The fourth-order valence-corrected chi connectivity index (χ4v) is 2.91. The Labute approximate surface area is 100 Å². The maximum atomic E-state index is 12.1. The molecule has 2 atom stereocenters. The minimum Gasteiger partial charge on any atom is -0.342 e. The van der Waals surface area contributed by atoms with E-state index in [-0.39, 0.29) is 5.91 Å². The van der Waals surface area contributed by atoms with Crippen molar-refractivity contribution in [3.63, 3.8) is 0 Å². The van der Waals surface area contributed by atoms with Gasteiger partial charge in [-0.2, -0.15) is 0 Å². The summed E-state index contributed by atoms with van der Waals surface area (Å²) >= 11 is 0. The summed E-state index contributed by atoms with van der Waals surface area (Å²) in [5.41, 5.74) is 5.35. The monoisotopic (exact) mass is 246 g/mol. The van der Waals surface area contributed by atoms with Crippen LogP contribution in [0.3, 0.4) is 0 Å². The molecule has 0 saturated carbocycles. The Balaban J connectivity index is 2.50. The van der Waals surface area contributed by atoms with E-state index >= 15 is 0 Å². The zero-order valence-corrected chi connectivity index (χ0v) is 10.8. The van der Waals surface area contributed by atoms with Crippen molar-refractivity contribution in [3.8, 4) is 0 Å². The quantitative estimate of drug-likeness (QED) is 0.785. The Morgan fingerprint density at radius 3 is 2.38 bits per heavy atom. The third-order valence-electron chi connectivity index (χ3n) is 2.98. The summed E-state index contributed by atoms with van der Waals surface area (Å²) in [5, 5.41) is -0.401. The molecule has 0 aliphatic carbocycles. The van der Waals surface area contributed by atoms with Gasteiger partial charge in [0.05, 0.1) is 0 Å². The van der Waals surface area contributed by atoms with E-state index in [1.54, 1.807) is 6.92 Å². The summed E-state index contributed by atoms with van der Waals surface area (Å²) in [6.45, 7) is 3.77. The molecule has 0 aromatic rings. The van der Waals surface area contributed by atoms with Gasteiger partial charge in [0.2, 0.25) is 5.91 Å². The first-order chi connectivity index (χ1) is 7.66.